The summed E-state index contributed by atoms with van der Waals surface area (Å²) in [7, 11) is 0. The Kier molecular flexibility index (Phi) is 6.58. The van der Waals surface area contributed by atoms with E-state index in [4.69, 9.17) is 10.5 Å². The molecule has 11 heteroatoms. The second-order valence-electron chi connectivity index (χ2n) is 9.49. The molecule has 1 aliphatic carbocycles. The van der Waals surface area contributed by atoms with Crippen LogP contribution < -0.4 is 10.5 Å². The average molecular weight is 535 g/mol. The van der Waals surface area contributed by atoms with E-state index in [1.54, 1.807) is 30.3 Å². The number of carbonyl (C=O) groups excluding carboxylic acids is 1. The fourth-order valence-electron chi connectivity index (χ4n) is 4.54. The predicted octanol–water partition coefficient (Wildman–Crippen LogP) is 6.03. The van der Waals surface area contributed by atoms with Gasteiger partial charge in [-0.25, -0.2) is 4.98 Å². The van der Waals surface area contributed by atoms with Crippen LogP contribution in [-0.2, 0) is 18.9 Å². The summed E-state index contributed by atoms with van der Waals surface area (Å²) < 4.78 is 86.6. The third-order valence-electron chi connectivity index (χ3n) is 6.57. The fraction of sp³-hybridized carbons (Fsp3) is 0.333. The Morgan fingerprint density at radius 3 is 2.13 bits per heavy atom. The van der Waals surface area contributed by atoms with Gasteiger partial charge in [0.05, 0.1) is 17.7 Å². The predicted molar refractivity (Wildman–Crippen MR) is 126 cm³/mol. The van der Waals surface area contributed by atoms with Gasteiger partial charge in [-0.3, -0.25) is 4.79 Å². The molecule has 200 valence electrons. The number of nitrogens with zero attached hydrogens (tertiary/aromatic N) is 2. The van der Waals surface area contributed by atoms with Crippen LogP contribution in [0.25, 0.3) is 11.1 Å². The van der Waals surface area contributed by atoms with Crippen molar-refractivity contribution in [2.75, 3.05) is 13.1 Å². The first kappa shape index (κ1) is 26.0. The van der Waals surface area contributed by atoms with Crippen LogP contribution in [0, 0.1) is 0 Å². The third-order valence-corrected chi connectivity index (χ3v) is 6.57. The van der Waals surface area contributed by atoms with Gasteiger partial charge in [0, 0.05) is 30.3 Å². The van der Waals surface area contributed by atoms with Crippen molar-refractivity contribution >= 4 is 5.91 Å². The standard InChI is InChI=1S/C27H23F6N3O2/c28-26(29,30)18-8-15(9-19(10-18)27(31,32)33)13-36-14-20(12-34)38-24-23(25(36)37)21(16-4-2-1-3-5-16)11-22(35-24)17-6-7-17/h1-5,8-11,17,20H,6-7,12-14,34H2. The van der Waals surface area contributed by atoms with Gasteiger partial charge in [0.1, 0.15) is 11.7 Å². The van der Waals surface area contributed by atoms with Crippen LogP contribution >= 0.6 is 0 Å². The van der Waals surface area contributed by atoms with E-state index in [2.05, 4.69) is 4.98 Å². The topological polar surface area (TPSA) is 68.5 Å². The monoisotopic (exact) mass is 535 g/mol. The summed E-state index contributed by atoms with van der Waals surface area (Å²) in [6.45, 7) is -0.699. The van der Waals surface area contributed by atoms with Crippen LogP contribution in [-0.4, -0.2) is 35.0 Å². The van der Waals surface area contributed by atoms with Gasteiger partial charge in [0.25, 0.3) is 5.91 Å². The molecular weight excluding hydrogens is 512 g/mol. The molecule has 38 heavy (non-hydrogen) atoms. The molecule has 0 bridgehead atoms. The van der Waals surface area contributed by atoms with E-state index in [0.29, 0.717) is 23.3 Å². The van der Waals surface area contributed by atoms with Crippen molar-refractivity contribution in [1.29, 1.82) is 0 Å². The van der Waals surface area contributed by atoms with Gasteiger partial charge in [-0.2, -0.15) is 26.3 Å². The summed E-state index contributed by atoms with van der Waals surface area (Å²) in [5.41, 5.74) is 4.74. The lowest BCUT2D eigenvalue weighted by Crippen LogP contribution is -2.40. The number of halogens is 6. The van der Waals surface area contributed by atoms with Crippen LogP contribution in [0.4, 0.5) is 26.3 Å². The van der Waals surface area contributed by atoms with E-state index in [1.165, 1.54) is 4.90 Å². The molecule has 1 atom stereocenters. The first-order valence-electron chi connectivity index (χ1n) is 12.0. The summed E-state index contributed by atoms with van der Waals surface area (Å²) >= 11 is 0. The summed E-state index contributed by atoms with van der Waals surface area (Å²) in [6, 6.07) is 12.1. The highest BCUT2D eigenvalue weighted by Crippen LogP contribution is 2.44. The number of benzene rings is 2. The minimum Gasteiger partial charge on any atom is -0.471 e. The summed E-state index contributed by atoms with van der Waals surface area (Å²) in [5, 5.41) is 0. The number of nitrogens with two attached hydrogens (primary N) is 1. The highest BCUT2D eigenvalue weighted by Gasteiger charge is 2.39. The van der Waals surface area contributed by atoms with E-state index in [0.717, 1.165) is 18.5 Å². The minimum atomic E-state index is -5.00. The number of aromatic nitrogens is 1. The SMILES string of the molecule is NCC1CN(Cc2cc(C(F)(F)F)cc(C(F)(F)F)c2)C(=O)c2c(-c3ccccc3)cc(C3CC3)nc2O1. The van der Waals surface area contributed by atoms with Crippen molar-refractivity contribution in [3.8, 4) is 17.0 Å². The highest BCUT2D eigenvalue weighted by molar-refractivity contribution is 6.03. The van der Waals surface area contributed by atoms with Crippen molar-refractivity contribution in [3.05, 3.63) is 82.5 Å². The van der Waals surface area contributed by atoms with E-state index < -0.39 is 42.0 Å². The van der Waals surface area contributed by atoms with E-state index in [9.17, 15) is 31.1 Å². The number of fused-ring (bicyclic) bond motifs is 1. The fourth-order valence-corrected chi connectivity index (χ4v) is 4.54. The van der Waals surface area contributed by atoms with E-state index in [-0.39, 0.29) is 42.1 Å². The van der Waals surface area contributed by atoms with Gasteiger partial charge in [-0.05, 0) is 48.2 Å². The largest absolute Gasteiger partial charge is 0.471 e. The Morgan fingerprint density at radius 2 is 1.58 bits per heavy atom. The Labute approximate surface area is 214 Å². The molecule has 5 rings (SSSR count). The number of carbonyl (C=O) groups is 1. The average Bonchev–Trinajstić information content (AvgIpc) is 3.72. The number of rotatable bonds is 5. The zero-order chi connectivity index (χ0) is 27.2. The van der Waals surface area contributed by atoms with Crippen molar-refractivity contribution in [1.82, 2.24) is 9.88 Å². The molecule has 1 amide bonds. The molecule has 1 aromatic heterocycles. The number of pyridine rings is 1. The van der Waals surface area contributed by atoms with Crippen LogP contribution in [0.3, 0.4) is 0 Å². The Balaban J connectivity index is 1.61. The summed E-state index contributed by atoms with van der Waals surface area (Å²) in [4.78, 5) is 19.6. The molecule has 2 aliphatic rings. The molecule has 1 saturated carbocycles. The maximum absolute atomic E-state index is 13.9. The smallest absolute Gasteiger partial charge is 0.416 e. The summed E-state index contributed by atoms with van der Waals surface area (Å²) in [5.74, 6) is -0.324. The molecule has 5 nitrogen and oxygen atoms in total. The van der Waals surface area contributed by atoms with E-state index in [1.807, 2.05) is 6.07 Å². The maximum Gasteiger partial charge on any atom is 0.416 e. The Bertz CT molecular complexity index is 1320. The molecule has 2 aromatic carbocycles. The number of hydrogen-bond acceptors (Lipinski definition) is 4. The molecule has 2 heterocycles. The number of ether oxygens (including phenoxy) is 1. The van der Waals surface area contributed by atoms with E-state index >= 15 is 0 Å². The second kappa shape index (κ2) is 9.61. The quantitative estimate of drug-likeness (QED) is 0.406. The van der Waals surface area contributed by atoms with Gasteiger partial charge >= 0.3 is 12.4 Å². The van der Waals surface area contributed by atoms with Crippen molar-refractivity contribution in [2.24, 2.45) is 5.73 Å². The van der Waals surface area contributed by atoms with Gasteiger partial charge in [-0.1, -0.05) is 30.3 Å². The zero-order valence-electron chi connectivity index (χ0n) is 19.9. The van der Waals surface area contributed by atoms with Crippen LogP contribution in [0.15, 0.2) is 54.6 Å². The number of hydrogen-bond donors (Lipinski definition) is 1. The molecule has 0 spiro atoms. The molecule has 3 aromatic rings. The molecule has 2 N–H and O–H groups in total. The van der Waals surface area contributed by atoms with Gasteiger partial charge < -0.3 is 15.4 Å². The van der Waals surface area contributed by atoms with Gasteiger partial charge in [-0.15, -0.1) is 0 Å². The van der Waals surface area contributed by atoms with Crippen molar-refractivity contribution in [3.63, 3.8) is 0 Å². The molecular formula is C27H23F6N3O2. The minimum absolute atomic E-state index is 0.0460. The molecule has 1 unspecified atom stereocenters. The first-order chi connectivity index (χ1) is 17.9. The van der Waals surface area contributed by atoms with Crippen molar-refractivity contribution in [2.45, 2.75) is 43.8 Å². The number of amides is 1. The molecule has 0 saturated heterocycles. The maximum atomic E-state index is 13.9. The summed E-state index contributed by atoms with van der Waals surface area (Å²) in [6.07, 6.45) is -8.89. The lowest BCUT2D eigenvalue weighted by atomic mass is 9.98. The lowest BCUT2D eigenvalue weighted by Gasteiger charge is -2.24. The normalized spacial score (nSPS) is 18.1. The van der Waals surface area contributed by atoms with Crippen LogP contribution in [0.1, 0.15) is 51.5 Å². The van der Waals surface area contributed by atoms with Crippen molar-refractivity contribution < 1.29 is 35.9 Å². The molecule has 1 fully saturated rings. The lowest BCUT2D eigenvalue weighted by molar-refractivity contribution is -0.143. The third kappa shape index (κ3) is 5.33. The van der Waals surface area contributed by atoms with Crippen LogP contribution in [0.5, 0.6) is 5.88 Å². The molecule has 1 aliphatic heterocycles. The Morgan fingerprint density at radius 1 is 0.947 bits per heavy atom. The Hall–Kier alpha value is -3.60. The van der Waals surface area contributed by atoms with Gasteiger partial charge in [0.15, 0.2) is 0 Å². The van der Waals surface area contributed by atoms with Crippen LogP contribution in [0.2, 0.25) is 0 Å². The number of alkyl halides is 6. The molecule has 0 radical (unpaired) electrons. The second-order valence-corrected chi connectivity index (χ2v) is 9.49. The highest BCUT2D eigenvalue weighted by atomic mass is 19.4. The zero-order valence-corrected chi connectivity index (χ0v) is 19.9. The van der Waals surface area contributed by atoms with Gasteiger partial charge in [0.2, 0.25) is 5.88 Å². The first-order valence-corrected chi connectivity index (χ1v) is 12.0.